The van der Waals surface area contributed by atoms with E-state index in [2.05, 4.69) is 11.9 Å². The Hall–Kier alpha value is -1.24. The van der Waals surface area contributed by atoms with Gasteiger partial charge in [-0.15, -0.1) is 0 Å². The summed E-state index contributed by atoms with van der Waals surface area (Å²) in [5.41, 5.74) is 7.02. The molecule has 22 heavy (non-hydrogen) atoms. The summed E-state index contributed by atoms with van der Waals surface area (Å²) in [6.07, 6.45) is 0.261. The molecule has 2 rings (SSSR count). The highest BCUT2D eigenvalue weighted by Crippen LogP contribution is 2.35. The van der Waals surface area contributed by atoms with Gasteiger partial charge in [0.05, 0.1) is 12.7 Å². The molecule has 0 amide bonds. The highest BCUT2D eigenvalue weighted by Gasteiger charge is 2.35. The lowest BCUT2D eigenvalue weighted by Gasteiger charge is -2.28. The number of hydrogen-bond acceptors (Lipinski definition) is 4. The first-order chi connectivity index (χ1) is 10.4. The van der Waals surface area contributed by atoms with Crippen molar-refractivity contribution in [2.24, 2.45) is 10.9 Å². The summed E-state index contributed by atoms with van der Waals surface area (Å²) >= 11 is 6.19. The van der Waals surface area contributed by atoms with E-state index in [0.717, 1.165) is 0 Å². The summed E-state index contributed by atoms with van der Waals surface area (Å²) < 4.78 is 31.9. The summed E-state index contributed by atoms with van der Waals surface area (Å²) in [5, 5.41) is 3.88. The number of rotatable bonds is 6. The van der Waals surface area contributed by atoms with Crippen LogP contribution in [0.25, 0.3) is 0 Å². The Morgan fingerprint density at radius 3 is 2.59 bits per heavy atom. The van der Waals surface area contributed by atoms with Crippen molar-refractivity contribution in [1.82, 2.24) is 0 Å². The maximum atomic E-state index is 13.1. The van der Waals surface area contributed by atoms with Crippen molar-refractivity contribution in [2.45, 2.75) is 50.9 Å². The lowest BCUT2D eigenvalue weighted by Crippen LogP contribution is -2.29. The Kier molecular flexibility index (Phi) is 5.72. The van der Waals surface area contributed by atoms with E-state index in [-0.39, 0.29) is 32.1 Å². The third-order valence-electron chi connectivity index (χ3n) is 3.75. The van der Waals surface area contributed by atoms with E-state index < -0.39 is 5.92 Å². The Bertz CT molecular complexity index is 531. The number of halogens is 3. The van der Waals surface area contributed by atoms with Crippen LogP contribution in [0.1, 0.15) is 36.8 Å². The zero-order valence-corrected chi connectivity index (χ0v) is 12.9. The van der Waals surface area contributed by atoms with Crippen LogP contribution in [-0.4, -0.2) is 18.7 Å². The van der Waals surface area contributed by atoms with Gasteiger partial charge in [0.25, 0.3) is 0 Å². The van der Waals surface area contributed by atoms with Crippen LogP contribution < -0.4 is 10.6 Å². The van der Waals surface area contributed by atoms with Crippen LogP contribution >= 0.6 is 11.6 Å². The van der Waals surface area contributed by atoms with Gasteiger partial charge in [-0.2, -0.15) is 0 Å². The third-order valence-corrected chi connectivity index (χ3v) is 4.10. The number of ether oxygens (including phenoxy) is 1. The van der Waals surface area contributed by atoms with Gasteiger partial charge in [0.2, 0.25) is 5.92 Å². The summed E-state index contributed by atoms with van der Waals surface area (Å²) in [5.74, 6) is -2.09. The predicted octanol–water partition coefficient (Wildman–Crippen LogP) is 3.89. The smallest absolute Gasteiger partial charge is 0.248 e. The van der Waals surface area contributed by atoms with Crippen molar-refractivity contribution in [2.75, 3.05) is 0 Å². The molecular formula is C15H19ClF2N2O2. The van der Waals surface area contributed by atoms with Crippen molar-refractivity contribution in [3.8, 4) is 5.75 Å². The monoisotopic (exact) mass is 332 g/mol. The second-order valence-corrected chi connectivity index (χ2v) is 5.75. The first-order valence-corrected chi connectivity index (χ1v) is 7.47. The maximum Gasteiger partial charge on any atom is 0.248 e. The fraction of sp³-hybridized carbons (Fsp3) is 0.533. The molecule has 1 aliphatic rings. The minimum absolute atomic E-state index is 0.133. The molecule has 0 spiro atoms. The quantitative estimate of drug-likeness (QED) is 0.635. The van der Waals surface area contributed by atoms with Gasteiger partial charge in [-0.1, -0.05) is 16.8 Å². The fourth-order valence-electron chi connectivity index (χ4n) is 2.45. The number of nitrogens with zero attached hydrogens (tertiary/aromatic N) is 1. The molecule has 122 valence electrons. The summed E-state index contributed by atoms with van der Waals surface area (Å²) in [6.45, 7) is 3.75. The highest BCUT2D eigenvalue weighted by molar-refractivity contribution is 6.31. The molecule has 0 saturated heterocycles. The molecule has 1 aliphatic carbocycles. The lowest BCUT2D eigenvalue weighted by molar-refractivity contribution is -0.0839. The van der Waals surface area contributed by atoms with Gasteiger partial charge >= 0.3 is 0 Å². The summed E-state index contributed by atoms with van der Waals surface area (Å²) in [4.78, 5) is 5.06. The minimum atomic E-state index is -2.56. The normalized spacial score (nSPS) is 18.2. The molecule has 7 heteroatoms. The van der Waals surface area contributed by atoms with Crippen LogP contribution in [0.3, 0.4) is 0 Å². The fourth-order valence-corrected chi connectivity index (χ4v) is 2.69. The van der Waals surface area contributed by atoms with Gasteiger partial charge in [-0.3, -0.25) is 0 Å². The van der Waals surface area contributed by atoms with Crippen LogP contribution in [-0.2, 0) is 17.9 Å². The SMILES string of the molecule is C=NOc1cc(COC2CCC(F)(F)CC2)c(Cl)cc1CN. The lowest BCUT2D eigenvalue weighted by atomic mass is 9.94. The molecule has 1 saturated carbocycles. The number of hydrogen-bond donors (Lipinski definition) is 1. The molecule has 1 fully saturated rings. The zero-order valence-electron chi connectivity index (χ0n) is 12.2. The van der Waals surface area contributed by atoms with Gasteiger partial charge in [0, 0.05) is 42.3 Å². The van der Waals surface area contributed by atoms with E-state index in [1.165, 1.54) is 0 Å². The molecule has 1 aromatic rings. The van der Waals surface area contributed by atoms with Gasteiger partial charge in [-0.05, 0) is 25.0 Å². The van der Waals surface area contributed by atoms with Crippen molar-refractivity contribution in [3.63, 3.8) is 0 Å². The number of benzene rings is 1. The Balaban J connectivity index is 2.00. The highest BCUT2D eigenvalue weighted by atomic mass is 35.5. The van der Waals surface area contributed by atoms with E-state index in [9.17, 15) is 8.78 Å². The molecule has 0 bridgehead atoms. The molecule has 0 unspecified atom stereocenters. The molecule has 0 radical (unpaired) electrons. The molecule has 0 atom stereocenters. The number of nitrogens with two attached hydrogens (primary N) is 1. The zero-order chi connectivity index (χ0) is 16.2. The second kappa shape index (κ2) is 7.35. The maximum absolute atomic E-state index is 13.1. The van der Waals surface area contributed by atoms with E-state index in [4.69, 9.17) is 26.9 Å². The molecular weight excluding hydrogens is 314 g/mol. The molecule has 4 nitrogen and oxygen atoms in total. The minimum Gasteiger partial charge on any atom is -0.373 e. The first-order valence-electron chi connectivity index (χ1n) is 7.09. The van der Waals surface area contributed by atoms with Crippen molar-refractivity contribution in [1.29, 1.82) is 0 Å². The molecule has 2 N–H and O–H groups in total. The Morgan fingerprint density at radius 1 is 1.32 bits per heavy atom. The van der Waals surface area contributed by atoms with Crippen LogP contribution in [0.2, 0.25) is 5.02 Å². The number of oxime groups is 1. The molecule has 0 aliphatic heterocycles. The van der Waals surface area contributed by atoms with Gasteiger partial charge in [-0.25, -0.2) is 8.78 Å². The summed E-state index contributed by atoms with van der Waals surface area (Å²) in [7, 11) is 0. The van der Waals surface area contributed by atoms with Gasteiger partial charge in [0.15, 0.2) is 5.75 Å². The predicted molar refractivity (Wildman–Crippen MR) is 81.5 cm³/mol. The Morgan fingerprint density at radius 2 is 2.00 bits per heavy atom. The van der Waals surface area contributed by atoms with Crippen LogP contribution in [0, 0.1) is 0 Å². The molecule has 0 aromatic heterocycles. The molecule has 1 aromatic carbocycles. The van der Waals surface area contributed by atoms with E-state index in [0.29, 0.717) is 34.7 Å². The standard InChI is InChI=1S/C15H19ClF2N2O2/c1-20-22-14-7-11(13(16)6-10(14)8-19)9-21-12-2-4-15(17,18)5-3-12/h6-7,12H,1-5,8-9,19H2. The van der Waals surface area contributed by atoms with Crippen molar-refractivity contribution < 1.29 is 18.4 Å². The van der Waals surface area contributed by atoms with Crippen LogP contribution in [0.5, 0.6) is 5.75 Å². The average molecular weight is 333 g/mol. The van der Waals surface area contributed by atoms with Crippen molar-refractivity contribution >= 4 is 18.3 Å². The largest absolute Gasteiger partial charge is 0.373 e. The van der Waals surface area contributed by atoms with Crippen molar-refractivity contribution in [3.05, 3.63) is 28.3 Å². The topological polar surface area (TPSA) is 56.8 Å². The van der Waals surface area contributed by atoms with Gasteiger partial charge < -0.3 is 15.3 Å². The number of alkyl halides is 2. The average Bonchev–Trinajstić information content (AvgIpc) is 2.48. The summed E-state index contributed by atoms with van der Waals surface area (Å²) in [6, 6.07) is 3.38. The van der Waals surface area contributed by atoms with Gasteiger partial charge in [0.1, 0.15) is 0 Å². The van der Waals surface area contributed by atoms with E-state index >= 15 is 0 Å². The Labute approximate surface area is 133 Å². The molecule has 0 heterocycles. The van der Waals surface area contributed by atoms with E-state index in [1.807, 2.05) is 0 Å². The third kappa shape index (κ3) is 4.38. The van der Waals surface area contributed by atoms with Crippen LogP contribution in [0.4, 0.5) is 8.78 Å². The first kappa shape index (κ1) is 17.1. The van der Waals surface area contributed by atoms with Crippen LogP contribution in [0.15, 0.2) is 17.3 Å². The second-order valence-electron chi connectivity index (χ2n) is 5.34. The van der Waals surface area contributed by atoms with E-state index in [1.54, 1.807) is 12.1 Å².